The summed E-state index contributed by atoms with van der Waals surface area (Å²) in [4.78, 5) is 25.7. The second kappa shape index (κ2) is 9.07. The van der Waals surface area contributed by atoms with Gasteiger partial charge >= 0.3 is 6.09 Å². The molecular formula is C17H26N2O3. The number of methoxy groups -OCH3 is 1. The van der Waals surface area contributed by atoms with Gasteiger partial charge in [0.15, 0.2) is 0 Å². The molecule has 0 saturated heterocycles. The molecule has 5 nitrogen and oxygen atoms in total. The van der Waals surface area contributed by atoms with Gasteiger partial charge in [-0.15, -0.1) is 0 Å². The summed E-state index contributed by atoms with van der Waals surface area (Å²) in [6.45, 7) is 7.71. The number of hydrogen-bond acceptors (Lipinski definition) is 3. The highest BCUT2D eigenvalue weighted by Crippen LogP contribution is 2.16. The van der Waals surface area contributed by atoms with Crippen LogP contribution in [0.15, 0.2) is 24.3 Å². The Morgan fingerprint density at radius 3 is 2.45 bits per heavy atom. The molecule has 0 radical (unpaired) electrons. The second-order valence-electron chi connectivity index (χ2n) is 5.22. The van der Waals surface area contributed by atoms with Crippen molar-refractivity contribution >= 4 is 17.7 Å². The minimum atomic E-state index is -0.547. The van der Waals surface area contributed by atoms with Gasteiger partial charge in [-0.25, -0.2) is 4.79 Å². The molecule has 0 heterocycles. The van der Waals surface area contributed by atoms with E-state index in [2.05, 4.69) is 23.9 Å². The summed E-state index contributed by atoms with van der Waals surface area (Å²) in [5.74, 6) is 0.503. The molecule has 0 bridgehead atoms. The van der Waals surface area contributed by atoms with Crippen LogP contribution >= 0.6 is 0 Å². The van der Waals surface area contributed by atoms with Gasteiger partial charge in [0.25, 0.3) is 5.91 Å². The van der Waals surface area contributed by atoms with Crippen LogP contribution in [0.1, 0.15) is 44.0 Å². The van der Waals surface area contributed by atoms with Crippen LogP contribution in [-0.4, -0.2) is 37.1 Å². The standard InChI is InChI=1S/C17H26N2O3/c1-5-13(6-2)12-19(7-3)16(20)14-9-8-10-15(11-14)18-17(21)22-4/h8-11,13H,5-7,12H2,1-4H3,(H,18,21). The minimum absolute atomic E-state index is 0.0112. The number of carbonyl (C=O) groups excluding carboxylic acids is 2. The van der Waals surface area contributed by atoms with E-state index in [4.69, 9.17) is 0 Å². The Bertz CT molecular complexity index is 498. The van der Waals surface area contributed by atoms with Crippen LogP contribution in [0, 0.1) is 5.92 Å². The van der Waals surface area contributed by atoms with E-state index in [0.29, 0.717) is 23.7 Å². The van der Waals surface area contributed by atoms with E-state index < -0.39 is 6.09 Å². The van der Waals surface area contributed by atoms with Gasteiger partial charge in [-0.05, 0) is 31.0 Å². The van der Waals surface area contributed by atoms with Crippen LogP contribution in [-0.2, 0) is 4.74 Å². The van der Waals surface area contributed by atoms with Gasteiger partial charge in [0.05, 0.1) is 7.11 Å². The van der Waals surface area contributed by atoms with E-state index >= 15 is 0 Å². The minimum Gasteiger partial charge on any atom is -0.453 e. The Hall–Kier alpha value is -2.04. The Balaban J connectivity index is 2.86. The molecule has 0 aliphatic rings. The molecule has 0 spiro atoms. The van der Waals surface area contributed by atoms with Gasteiger partial charge in [0.1, 0.15) is 0 Å². The molecule has 0 aliphatic heterocycles. The summed E-state index contributed by atoms with van der Waals surface area (Å²) < 4.78 is 4.56. The molecule has 2 amide bonds. The first-order valence-electron chi connectivity index (χ1n) is 7.79. The summed E-state index contributed by atoms with van der Waals surface area (Å²) >= 11 is 0. The van der Waals surface area contributed by atoms with E-state index in [1.54, 1.807) is 24.3 Å². The zero-order valence-corrected chi connectivity index (χ0v) is 13.9. The second-order valence-corrected chi connectivity index (χ2v) is 5.22. The van der Waals surface area contributed by atoms with Gasteiger partial charge < -0.3 is 9.64 Å². The summed E-state index contributed by atoms with van der Waals surface area (Å²) in [7, 11) is 1.30. The molecule has 1 aromatic rings. The van der Waals surface area contributed by atoms with Crippen molar-refractivity contribution in [2.75, 3.05) is 25.5 Å². The van der Waals surface area contributed by atoms with Crippen molar-refractivity contribution in [2.24, 2.45) is 5.92 Å². The topological polar surface area (TPSA) is 58.6 Å². The predicted octanol–water partition coefficient (Wildman–Crippen LogP) is 3.76. The maximum Gasteiger partial charge on any atom is 0.411 e. The Kier molecular flexibility index (Phi) is 7.43. The molecule has 0 aromatic heterocycles. The third-order valence-corrected chi connectivity index (χ3v) is 3.84. The number of amides is 2. The third kappa shape index (κ3) is 5.06. The maximum absolute atomic E-state index is 12.6. The highest BCUT2D eigenvalue weighted by Gasteiger charge is 2.18. The van der Waals surface area contributed by atoms with Gasteiger partial charge in [0.2, 0.25) is 0 Å². The number of hydrogen-bond donors (Lipinski definition) is 1. The first kappa shape index (κ1) is 18.0. The van der Waals surface area contributed by atoms with Crippen molar-refractivity contribution in [2.45, 2.75) is 33.6 Å². The quantitative estimate of drug-likeness (QED) is 0.834. The summed E-state index contributed by atoms with van der Waals surface area (Å²) in [5, 5.41) is 2.58. The number of carbonyl (C=O) groups is 2. The lowest BCUT2D eigenvalue weighted by Gasteiger charge is -2.25. The third-order valence-electron chi connectivity index (χ3n) is 3.84. The number of benzene rings is 1. The van der Waals surface area contributed by atoms with Crippen molar-refractivity contribution in [1.82, 2.24) is 4.90 Å². The number of nitrogens with one attached hydrogen (secondary N) is 1. The lowest BCUT2D eigenvalue weighted by atomic mass is 10.0. The largest absolute Gasteiger partial charge is 0.453 e. The molecule has 22 heavy (non-hydrogen) atoms. The van der Waals surface area contributed by atoms with E-state index in [1.807, 2.05) is 11.8 Å². The fraction of sp³-hybridized carbons (Fsp3) is 0.529. The van der Waals surface area contributed by atoms with Gasteiger partial charge in [-0.1, -0.05) is 32.8 Å². The average molecular weight is 306 g/mol. The van der Waals surface area contributed by atoms with Crippen molar-refractivity contribution in [3.8, 4) is 0 Å². The van der Waals surface area contributed by atoms with Crippen LogP contribution in [0.4, 0.5) is 10.5 Å². The average Bonchev–Trinajstić information content (AvgIpc) is 2.55. The van der Waals surface area contributed by atoms with Crippen LogP contribution in [0.2, 0.25) is 0 Å². The number of ether oxygens (including phenoxy) is 1. The molecule has 5 heteroatoms. The number of anilines is 1. The lowest BCUT2D eigenvalue weighted by Crippen LogP contribution is -2.35. The number of rotatable bonds is 7. The van der Waals surface area contributed by atoms with Gasteiger partial charge in [0, 0.05) is 24.3 Å². The van der Waals surface area contributed by atoms with Crippen LogP contribution in [0.5, 0.6) is 0 Å². The SMILES string of the molecule is CCC(CC)CN(CC)C(=O)c1cccc(NC(=O)OC)c1. The Morgan fingerprint density at radius 1 is 1.23 bits per heavy atom. The van der Waals surface area contributed by atoms with E-state index in [-0.39, 0.29) is 5.91 Å². The predicted molar refractivity (Wildman–Crippen MR) is 88.1 cm³/mol. The Morgan fingerprint density at radius 2 is 1.91 bits per heavy atom. The fourth-order valence-corrected chi connectivity index (χ4v) is 2.30. The highest BCUT2D eigenvalue weighted by molar-refractivity contribution is 5.96. The highest BCUT2D eigenvalue weighted by atomic mass is 16.5. The van der Waals surface area contributed by atoms with Crippen LogP contribution in [0.3, 0.4) is 0 Å². The molecule has 122 valence electrons. The van der Waals surface area contributed by atoms with E-state index in [1.165, 1.54) is 7.11 Å². The molecule has 0 aliphatic carbocycles. The summed E-state index contributed by atoms with van der Waals surface area (Å²) in [5.41, 5.74) is 1.12. The zero-order chi connectivity index (χ0) is 16.5. The molecule has 1 aromatic carbocycles. The zero-order valence-electron chi connectivity index (χ0n) is 13.9. The molecule has 0 atom stereocenters. The smallest absolute Gasteiger partial charge is 0.411 e. The maximum atomic E-state index is 12.6. The number of nitrogens with zero attached hydrogens (tertiary/aromatic N) is 1. The molecule has 0 unspecified atom stereocenters. The molecular weight excluding hydrogens is 280 g/mol. The summed E-state index contributed by atoms with van der Waals surface area (Å²) in [6.07, 6.45) is 1.57. The van der Waals surface area contributed by atoms with E-state index in [0.717, 1.165) is 19.4 Å². The van der Waals surface area contributed by atoms with Gasteiger partial charge in [-0.3, -0.25) is 10.1 Å². The first-order valence-corrected chi connectivity index (χ1v) is 7.79. The van der Waals surface area contributed by atoms with Crippen LogP contribution in [0.25, 0.3) is 0 Å². The van der Waals surface area contributed by atoms with Crippen molar-refractivity contribution in [1.29, 1.82) is 0 Å². The normalized spacial score (nSPS) is 10.4. The molecule has 0 saturated carbocycles. The first-order chi connectivity index (χ1) is 10.5. The van der Waals surface area contributed by atoms with Crippen molar-refractivity contribution in [3.63, 3.8) is 0 Å². The molecule has 1 N–H and O–H groups in total. The fourth-order valence-electron chi connectivity index (χ4n) is 2.30. The lowest BCUT2D eigenvalue weighted by molar-refractivity contribution is 0.0735. The monoisotopic (exact) mass is 306 g/mol. The van der Waals surface area contributed by atoms with Crippen molar-refractivity contribution < 1.29 is 14.3 Å². The molecule has 1 rings (SSSR count). The van der Waals surface area contributed by atoms with Gasteiger partial charge in [-0.2, -0.15) is 0 Å². The Labute approximate surface area is 132 Å². The van der Waals surface area contributed by atoms with Crippen molar-refractivity contribution in [3.05, 3.63) is 29.8 Å². The van der Waals surface area contributed by atoms with E-state index in [9.17, 15) is 9.59 Å². The summed E-state index contributed by atoms with van der Waals surface area (Å²) in [6, 6.07) is 6.92. The molecule has 0 fully saturated rings. The van der Waals surface area contributed by atoms with Crippen LogP contribution < -0.4 is 5.32 Å².